The van der Waals surface area contributed by atoms with Gasteiger partial charge in [0, 0.05) is 31.3 Å². The molecule has 0 N–H and O–H groups in total. The normalized spacial score (nSPS) is 21.5. The van der Waals surface area contributed by atoms with Gasteiger partial charge in [-0.3, -0.25) is 4.79 Å². The van der Waals surface area contributed by atoms with Crippen molar-refractivity contribution >= 4 is 15.9 Å². The molecule has 2 aliphatic heterocycles. The molecule has 1 amide bonds. The Balaban J connectivity index is 1.74. The van der Waals surface area contributed by atoms with Crippen molar-refractivity contribution in [2.45, 2.75) is 52.2 Å². The van der Waals surface area contributed by atoms with Crippen LogP contribution in [-0.2, 0) is 34.3 Å². The van der Waals surface area contributed by atoms with Crippen molar-refractivity contribution in [1.29, 1.82) is 0 Å². The zero-order chi connectivity index (χ0) is 17.5. The molecule has 8 heteroatoms. The zero-order valence-corrected chi connectivity index (χ0v) is 15.2. The van der Waals surface area contributed by atoms with E-state index in [0.717, 1.165) is 29.9 Å². The molecule has 132 valence electrons. The molecule has 2 aliphatic rings. The molecule has 1 aromatic heterocycles. The molecule has 3 heterocycles. The number of aromatic nitrogens is 2. The van der Waals surface area contributed by atoms with Crippen LogP contribution in [0.1, 0.15) is 43.8 Å². The first-order valence-corrected chi connectivity index (χ1v) is 10.2. The fourth-order valence-corrected chi connectivity index (χ4v) is 4.53. The Hall–Kier alpha value is -1.54. The van der Waals surface area contributed by atoms with Crippen LogP contribution in [0.25, 0.3) is 0 Å². The van der Waals surface area contributed by atoms with Crippen molar-refractivity contribution in [2.75, 3.05) is 12.8 Å². The van der Waals surface area contributed by atoms with Crippen molar-refractivity contribution in [1.82, 2.24) is 19.2 Å². The summed E-state index contributed by atoms with van der Waals surface area (Å²) in [5.41, 5.74) is 1.85. The van der Waals surface area contributed by atoms with Gasteiger partial charge in [-0.15, -0.1) is 0 Å². The molecule has 1 aromatic rings. The number of carbonyl (C=O) groups is 1. The zero-order valence-electron chi connectivity index (χ0n) is 14.4. The van der Waals surface area contributed by atoms with Gasteiger partial charge in [-0.25, -0.2) is 18.4 Å². The minimum atomic E-state index is -3.36. The maximum Gasteiger partial charge on any atom is 0.241 e. The molecular formula is C16H24N4O3S. The number of carbonyl (C=O) groups excluding carboxylic acids is 1. The standard InChI is InChI=1S/C16H24N4O3S/c1-11(2)7-15-17-8-12-9-19(10-13(12)18-15)16(21)14-5-4-6-20(14)24(3,22)23/h8,11,14H,4-7,9-10H2,1-3H3. The second kappa shape index (κ2) is 6.40. The highest BCUT2D eigenvalue weighted by Gasteiger charge is 2.40. The third-order valence-corrected chi connectivity index (χ3v) is 5.81. The SMILES string of the molecule is CC(C)Cc1ncc2c(n1)CN(C(=O)C1CCCN1S(C)(=O)=O)C2. The lowest BCUT2D eigenvalue weighted by Gasteiger charge is -2.25. The maximum atomic E-state index is 12.8. The lowest BCUT2D eigenvalue weighted by atomic mass is 10.1. The first-order chi connectivity index (χ1) is 11.3. The highest BCUT2D eigenvalue weighted by atomic mass is 32.2. The second-order valence-electron chi connectivity index (χ2n) is 7.08. The minimum Gasteiger partial charge on any atom is -0.331 e. The molecule has 0 bridgehead atoms. The number of nitrogens with zero attached hydrogens (tertiary/aromatic N) is 4. The quantitative estimate of drug-likeness (QED) is 0.805. The summed E-state index contributed by atoms with van der Waals surface area (Å²) in [5.74, 6) is 1.15. The van der Waals surface area contributed by atoms with Crippen LogP contribution in [0.15, 0.2) is 6.20 Å². The number of amides is 1. The van der Waals surface area contributed by atoms with Gasteiger partial charge in [0.1, 0.15) is 11.9 Å². The van der Waals surface area contributed by atoms with E-state index >= 15 is 0 Å². The van der Waals surface area contributed by atoms with Crippen molar-refractivity contribution in [3.05, 3.63) is 23.3 Å². The Morgan fingerprint density at radius 2 is 2.12 bits per heavy atom. The molecule has 1 unspecified atom stereocenters. The number of fused-ring (bicyclic) bond motifs is 1. The van der Waals surface area contributed by atoms with E-state index in [1.165, 1.54) is 10.6 Å². The lowest BCUT2D eigenvalue weighted by molar-refractivity contribution is -0.135. The van der Waals surface area contributed by atoms with Gasteiger partial charge in [0.2, 0.25) is 15.9 Å². The van der Waals surface area contributed by atoms with Crippen LogP contribution in [0.3, 0.4) is 0 Å². The van der Waals surface area contributed by atoms with Crippen LogP contribution in [0.5, 0.6) is 0 Å². The molecule has 24 heavy (non-hydrogen) atoms. The van der Waals surface area contributed by atoms with Gasteiger partial charge in [0.15, 0.2) is 0 Å². The van der Waals surface area contributed by atoms with E-state index in [0.29, 0.717) is 32.0 Å². The van der Waals surface area contributed by atoms with Crippen molar-refractivity contribution in [2.24, 2.45) is 5.92 Å². The molecule has 1 atom stereocenters. The molecule has 0 aromatic carbocycles. The van der Waals surface area contributed by atoms with E-state index in [2.05, 4.69) is 23.8 Å². The number of hydrogen-bond donors (Lipinski definition) is 0. The Kier molecular flexibility index (Phi) is 4.61. The summed E-state index contributed by atoms with van der Waals surface area (Å²) in [6.45, 7) is 5.56. The minimum absolute atomic E-state index is 0.124. The highest BCUT2D eigenvalue weighted by Crippen LogP contribution is 2.27. The molecular weight excluding hydrogens is 328 g/mol. The summed E-state index contributed by atoms with van der Waals surface area (Å²) in [6.07, 6.45) is 5.09. The number of hydrogen-bond acceptors (Lipinski definition) is 5. The smallest absolute Gasteiger partial charge is 0.241 e. The van der Waals surface area contributed by atoms with Gasteiger partial charge in [-0.1, -0.05) is 13.8 Å². The van der Waals surface area contributed by atoms with Crippen molar-refractivity contribution in [3.8, 4) is 0 Å². The van der Waals surface area contributed by atoms with Gasteiger partial charge < -0.3 is 4.90 Å². The molecule has 3 rings (SSSR count). The first-order valence-electron chi connectivity index (χ1n) is 8.35. The van der Waals surface area contributed by atoms with E-state index in [4.69, 9.17) is 0 Å². The van der Waals surface area contributed by atoms with E-state index in [1.54, 1.807) is 11.1 Å². The number of rotatable bonds is 4. The monoisotopic (exact) mass is 352 g/mol. The summed E-state index contributed by atoms with van der Waals surface area (Å²) in [5, 5.41) is 0. The lowest BCUT2D eigenvalue weighted by Crippen LogP contribution is -2.45. The molecule has 1 fully saturated rings. The third kappa shape index (κ3) is 3.44. The first kappa shape index (κ1) is 17.3. The molecule has 0 radical (unpaired) electrons. The van der Waals surface area contributed by atoms with Crippen LogP contribution in [-0.4, -0.2) is 52.3 Å². The van der Waals surface area contributed by atoms with Crippen molar-refractivity contribution < 1.29 is 13.2 Å². The largest absolute Gasteiger partial charge is 0.331 e. The van der Waals surface area contributed by atoms with E-state index in [-0.39, 0.29) is 5.91 Å². The van der Waals surface area contributed by atoms with Crippen molar-refractivity contribution in [3.63, 3.8) is 0 Å². The van der Waals surface area contributed by atoms with Gasteiger partial charge >= 0.3 is 0 Å². The summed E-state index contributed by atoms with van der Waals surface area (Å²) in [4.78, 5) is 23.5. The fraction of sp³-hybridized carbons (Fsp3) is 0.688. The van der Waals surface area contributed by atoms with Crippen LogP contribution in [0.4, 0.5) is 0 Å². The Morgan fingerprint density at radius 1 is 1.38 bits per heavy atom. The van der Waals surface area contributed by atoms with Crippen LogP contribution < -0.4 is 0 Å². The average Bonchev–Trinajstić information content (AvgIpc) is 3.11. The van der Waals surface area contributed by atoms with Crippen LogP contribution in [0.2, 0.25) is 0 Å². The van der Waals surface area contributed by atoms with E-state index in [1.807, 2.05) is 0 Å². The molecule has 0 aliphatic carbocycles. The number of sulfonamides is 1. The summed E-state index contributed by atoms with van der Waals surface area (Å²) in [7, 11) is -3.36. The van der Waals surface area contributed by atoms with Crippen LogP contribution >= 0.6 is 0 Å². The van der Waals surface area contributed by atoms with Gasteiger partial charge in [0.25, 0.3) is 0 Å². The Labute approximate surface area is 143 Å². The van der Waals surface area contributed by atoms with E-state index < -0.39 is 16.1 Å². The van der Waals surface area contributed by atoms with Gasteiger partial charge in [-0.05, 0) is 18.8 Å². The Bertz CT molecular complexity index is 748. The fourth-order valence-electron chi connectivity index (χ4n) is 3.41. The summed E-state index contributed by atoms with van der Waals surface area (Å²) < 4.78 is 25.1. The Morgan fingerprint density at radius 3 is 2.79 bits per heavy atom. The third-order valence-electron chi connectivity index (χ3n) is 4.52. The molecule has 7 nitrogen and oxygen atoms in total. The second-order valence-corrected chi connectivity index (χ2v) is 9.02. The summed E-state index contributed by atoms with van der Waals surface area (Å²) in [6, 6.07) is -0.572. The average molecular weight is 352 g/mol. The predicted octanol–water partition coefficient (Wildman–Crippen LogP) is 0.941. The summed E-state index contributed by atoms with van der Waals surface area (Å²) >= 11 is 0. The highest BCUT2D eigenvalue weighted by molar-refractivity contribution is 7.88. The maximum absolute atomic E-state index is 12.8. The van der Waals surface area contributed by atoms with Crippen LogP contribution in [0, 0.1) is 5.92 Å². The topological polar surface area (TPSA) is 83.5 Å². The predicted molar refractivity (Wildman–Crippen MR) is 89.4 cm³/mol. The van der Waals surface area contributed by atoms with Gasteiger partial charge in [0.05, 0.1) is 18.5 Å². The molecule has 0 saturated carbocycles. The molecule has 1 saturated heterocycles. The van der Waals surface area contributed by atoms with E-state index in [9.17, 15) is 13.2 Å². The molecule has 0 spiro atoms. The van der Waals surface area contributed by atoms with Gasteiger partial charge in [-0.2, -0.15) is 4.31 Å².